The quantitative estimate of drug-likeness (QED) is 0.229. The highest BCUT2D eigenvalue weighted by atomic mass is 31.2. The molecule has 174 valence electrons. The first kappa shape index (κ1) is 22.5. The van der Waals surface area contributed by atoms with Crippen molar-refractivity contribution in [1.82, 2.24) is 0 Å². The van der Waals surface area contributed by atoms with Crippen LogP contribution in [-0.2, 0) is 4.57 Å². The predicted molar refractivity (Wildman–Crippen MR) is 152 cm³/mol. The van der Waals surface area contributed by atoms with E-state index in [0.29, 0.717) is 0 Å². The standard InChI is InChI=1S/C34H27OP/c35-36(30-24-14-5-15-25-30)33(28-20-10-3-11-21-28)31(26-16-6-1-7-17-26)32(27-18-8-2-9-19-27)34(36)29-22-12-4-13-23-29/h1-25,31,33H. The fourth-order valence-corrected chi connectivity index (χ4v) is 9.68. The molecule has 1 aliphatic heterocycles. The van der Waals surface area contributed by atoms with Gasteiger partial charge in [0, 0.05) is 16.5 Å². The summed E-state index contributed by atoms with van der Waals surface area (Å²) in [5.41, 5.74) is 5.40. The van der Waals surface area contributed by atoms with Gasteiger partial charge in [-0.1, -0.05) is 152 Å². The van der Waals surface area contributed by atoms with Crippen LogP contribution in [-0.4, -0.2) is 0 Å². The molecule has 5 aromatic rings. The Morgan fingerprint density at radius 1 is 0.444 bits per heavy atom. The van der Waals surface area contributed by atoms with Crippen molar-refractivity contribution in [3.05, 3.63) is 174 Å². The Labute approximate surface area is 213 Å². The fourth-order valence-electron chi connectivity index (χ4n) is 5.71. The monoisotopic (exact) mass is 482 g/mol. The smallest absolute Gasteiger partial charge is 0.152 e. The van der Waals surface area contributed by atoms with Gasteiger partial charge in [0.2, 0.25) is 0 Å². The van der Waals surface area contributed by atoms with Crippen molar-refractivity contribution in [2.45, 2.75) is 11.6 Å². The topological polar surface area (TPSA) is 17.1 Å². The third kappa shape index (κ3) is 3.77. The van der Waals surface area contributed by atoms with Crippen LogP contribution >= 0.6 is 7.14 Å². The number of hydrogen-bond donors (Lipinski definition) is 0. The molecule has 3 unspecified atom stereocenters. The Morgan fingerprint density at radius 3 is 1.39 bits per heavy atom. The van der Waals surface area contributed by atoms with E-state index in [4.69, 9.17) is 0 Å². The van der Waals surface area contributed by atoms with Gasteiger partial charge in [0.25, 0.3) is 0 Å². The van der Waals surface area contributed by atoms with Crippen molar-refractivity contribution in [3.63, 3.8) is 0 Å². The molecule has 5 aromatic carbocycles. The Kier molecular flexibility index (Phi) is 6.01. The number of rotatable bonds is 5. The van der Waals surface area contributed by atoms with Gasteiger partial charge in [-0.25, -0.2) is 0 Å². The maximum Gasteiger partial charge on any atom is 0.152 e. The van der Waals surface area contributed by atoms with Crippen LogP contribution < -0.4 is 5.30 Å². The number of hydrogen-bond acceptors (Lipinski definition) is 1. The largest absolute Gasteiger partial charge is 0.313 e. The van der Waals surface area contributed by atoms with E-state index in [1.54, 1.807) is 0 Å². The Balaban J connectivity index is 1.78. The molecule has 0 fully saturated rings. The molecule has 36 heavy (non-hydrogen) atoms. The molecule has 0 saturated heterocycles. The van der Waals surface area contributed by atoms with Crippen LogP contribution in [0.3, 0.4) is 0 Å². The summed E-state index contributed by atoms with van der Waals surface area (Å²) in [5, 5.41) is 1.88. The first-order valence-electron chi connectivity index (χ1n) is 12.4. The summed E-state index contributed by atoms with van der Waals surface area (Å²) < 4.78 is 16.0. The minimum Gasteiger partial charge on any atom is -0.313 e. The molecule has 0 spiro atoms. The van der Waals surface area contributed by atoms with Crippen LogP contribution in [0.25, 0.3) is 10.9 Å². The lowest BCUT2D eigenvalue weighted by Gasteiger charge is -2.29. The summed E-state index contributed by atoms with van der Waals surface area (Å²) in [7, 11) is -3.15. The predicted octanol–water partition coefficient (Wildman–Crippen LogP) is 8.78. The Hall–Kier alpha value is -3.93. The third-order valence-corrected chi connectivity index (χ3v) is 10.8. The lowest BCUT2D eigenvalue weighted by molar-refractivity contribution is 0.577. The van der Waals surface area contributed by atoms with Crippen molar-refractivity contribution >= 4 is 23.3 Å². The number of benzene rings is 5. The van der Waals surface area contributed by atoms with Gasteiger partial charge in [-0.05, 0) is 27.8 Å². The van der Waals surface area contributed by atoms with E-state index in [1.165, 1.54) is 5.56 Å². The Morgan fingerprint density at radius 2 is 0.861 bits per heavy atom. The van der Waals surface area contributed by atoms with Crippen molar-refractivity contribution in [1.29, 1.82) is 0 Å². The molecule has 0 aromatic heterocycles. The molecule has 6 rings (SSSR count). The average molecular weight is 483 g/mol. The van der Waals surface area contributed by atoms with E-state index in [2.05, 4.69) is 103 Å². The maximum absolute atomic E-state index is 16.0. The van der Waals surface area contributed by atoms with Gasteiger partial charge < -0.3 is 4.57 Å². The van der Waals surface area contributed by atoms with Crippen molar-refractivity contribution < 1.29 is 4.57 Å². The Bertz CT molecular complexity index is 1530. The molecule has 1 nitrogen and oxygen atoms in total. The molecule has 0 bridgehead atoms. The normalized spacial score (nSPS) is 21.4. The molecule has 1 heterocycles. The molecular weight excluding hydrogens is 455 g/mol. The molecule has 2 heteroatoms. The summed E-state index contributed by atoms with van der Waals surface area (Å²) in [6.07, 6.45) is 0. The second kappa shape index (κ2) is 9.61. The maximum atomic E-state index is 16.0. The van der Waals surface area contributed by atoms with Gasteiger partial charge in [0.05, 0.1) is 5.66 Å². The van der Waals surface area contributed by atoms with Crippen molar-refractivity contribution in [2.24, 2.45) is 0 Å². The van der Waals surface area contributed by atoms with Gasteiger partial charge in [0.1, 0.15) is 0 Å². The summed E-state index contributed by atoms with van der Waals surface area (Å²) in [6, 6.07) is 52.1. The summed E-state index contributed by atoms with van der Waals surface area (Å²) in [5.74, 6) is -0.0581. The molecule has 0 aliphatic carbocycles. The van der Waals surface area contributed by atoms with E-state index in [1.807, 2.05) is 48.5 Å². The summed E-state index contributed by atoms with van der Waals surface area (Å²) in [6.45, 7) is 0. The van der Waals surface area contributed by atoms with E-state index in [9.17, 15) is 0 Å². The second-order valence-corrected chi connectivity index (χ2v) is 12.1. The van der Waals surface area contributed by atoms with Crippen LogP contribution in [0, 0.1) is 0 Å². The molecule has 0 N–H and O–H groups in total. The SMILES string of the molecule is O=P1(c2ccccc2)C(c2ccccc2)=C(c2ccccc2)C(c2ccccc2)C1c1ccccc1. The molecule has 0 radical (unpaired) electrons. The molecule has 1 aliphatic rings. The van der Waals surface area contributed by atoms with Crippen molar-refractivity contribution in [3.8, 4) is 0 Å². The van der Waals surface area contributed by atoms with Crippen LogP contribution in [0.2, 0.25) is 0 Å². The zero-order valence-electron chi connectivity index (χ0n) is 19.9. The van der Waals surface area contributed by atoms with E-state index < -0.39 is 7.14 Å². The van der Waals surface area contributed by atoms with E-state index in [0.717, 1.165) is 32.9 Å². The van der Waals surface area contributed by atoms with Crippen LogP contribution in [0.1, 0.15) is 33.8 Å². The summed E-state index contributed by atoms with van der Waals surface area (Å²) >= 11 is 0. The van der Waals surface area contributed by atoms with Crippen LogP contribution in [0.4, 0.5) is 0 Å². The van der Waals surface area contributed by atoms with Gasteiger partial charge in [0.15, 0.2) is 7.14 Å². The zero-order chi connectivity index (χ0) is 24.4. The highest BCUT2D eigenvalue weighted by Gasteiger charge is 2.53. The molecule has 0 amide bonds. The van der Waals surface area contributed by atoms with E-state index >= 15 is 4.57 Å². The molecule has 0 saturated carbocycles. The van der Waals surface area contributed by atoms with Gasteiger partial charge in [-0.15, -0.1) is 0 Å². The zero-order valence-corrected chi connectivity index (χ0v) is 20.8. The lowest BCUT2D eigenvalue weighted by atomic mass is 9.81. The third-order valence-electron chi connectivity index (χ3n) is 7.18. The van der Waals surface area contributed by atoms with Gasteiger partial charge in [-0.3, -0.25) is 0 Å². The van der Waals surface area contributed by atoms with Gasteiger partial charge >= 0.3 is 0 Å². The first-order chi connectivity index (χ1) is 17.8. The van der Waals surface area contributed by atoms with Gasteiger partial charge in [-0.2, -0.15) is 0 Å². The first-order valence-corrected chi connectivity index (χ1v) is 14.2. The van der Waals surface area contributed by atoms with Crippen LogP contribution in [0.15, 0.2) is 152 Å². The number of allylic oxidation sites excluding steroid dienone is 1. The average Bonchev–Trinajstić information content (AvgIpc) is 3.25. The minimum atomic E-state index is -3.15. The summed E-state index contributed by atoms with van der Waals surface area (Å²) in [4.78, 5) is 0. The highest BCUT2D eigenvalue weighted by Crippen LogP contribution is 2.79. The van der Waals surface area contributed by atoms with Crippen LogP contribution in [0.5, 0.6) is 0 Å². The molecular formula is C34H27OP. The lowest BCUT2D eigenvalue weighted by Crippen LogP contribution is -2.14. The molecule has 3 atom stereocenters. The highest BCUT2D eigenvalue weighted by molar-refractivity contribution is 7.82. The minimum absolute atomic E-state index is 0.0581. The fraction of sp³-hybridized carbons (Fsp3) is 0.0588. The van der Waals surface area contributed by atoms with Crippen molar-refractivity contribution in [2.75, 3.05) is 0 Å². The van der Waals surface area contributed by atoms with E-state index in [-0.39, 0.29) is 11.6 Å². The second-order valence-electron chi connectivity index (χ2n) is 9.23.